The molecule has 0 aliphatic heterocycles. The molecule has 0 bridgehead atoms. The first kappa shape index (κ1) is 14.4. The molecule has 0 heterocycles. The molecule has 0 aromatic heterocycles. The number of ketones is 1. The number of aryl methyl sites for hydroxylation is 1. The number of benzene rings is 1. The lowest BCUT2D eigenvalue weighted by atomic mass is 9.86. The van der Waals surface area contributed by atoms with E-state index in [0.717, 1.165) is 12.8 Å². The Balaban J connectivity index is 2.81. The smallest absolute Gasteiger partial charge is 0.152 e. The van der Waals surface area contributed by atoms with Crippen molar-refractivity contribution in [2.45, 2.75) is 45.4 Å². The summed E-state index contributed by atoms with van der Waals surface area (Å²) in [6.45, 7) is 8.05. The maximum atomic E-state index is 12.1. The lowest BCUT2D eigenvalue weighted by molar-refractivity contribution is -0.125. The Labute approximate surface area is 113 Å². The normalized spacial score (nSPS) is 13.5. The number of hydrogen-bond acceptors (Lipinski definition) is 1. The summed E-state index contributed by atoms with van der Waals surface area (Å²) in [7, 11) is 0. The lowest BCUT2D eigenvalue weighted by Crippen LogP contribution is -2.30. The second kappa shape index (κ2) is 5.81. The first-order valence-electron chi connectivity index (χ1n) is 6.11. The molecule has 0 fully saturated rings. The van der Waals surface area contributed by atoms with Gasteiger partial charge in [0.1, 0.15) is 0 Å². The fourth-order valence-electron chi connectivity index (χ4n) is 1.86. The van der Waals surface area contributed by atoms with Crippen LogP contribution in [0.1, 0.15) is 38.8 Å². The van der Waals surface area contributed by atoms with Crippen molar-refractivity contribution in [2.75, 3.05) is 0 Å². The molecule has 0 radical (unpaired) electrons. The van der Waals surface area contributed by atoms with Crippen LogP contribution in [-0.4, -0.2) is 10.6 Å². The van der Waals surface area contributed by atoms with Gasteiger partial charge in [-0.15, -0.1) is 0 Å². The van der Waals surface area contributed by atoms with Crippen LogP contribution in [0.4, 0.5) is 0 Å². The van der Waals surface area contributed by atoms with Crippen LogP contribution in [-0.2, 0) is 17.6 Å². The number of alkyl halides is 1. The SMILES string of the molecule is CCc1ccccc1CC(Br)C(=O)C(C)(C)C. The molecule has 0 aliphatic rings. The van der Waals surface area contributed by atoms with Crippen molar-refractivity contribution in [3.8, 4) is 0 Å². The van der Waals surface area contributed by atoms with E-state index in [0.29, 0.717) is 0 Å². The van der Waals surface area contributed by atoms with Gasteiger partial charge in [-0.25, -0.2) is 0 Å². The number of carbonyl (C=O) groups is 1. The zero-order valence-corrected chi connectivity index (χ0v) is 12.7. The molecule has 0 amide bonds. The largest absolute Gasteiger partial charge is 0.298 e. The minimum Gasteiger partial charge on any atom is -0.298 e. The third-order valence-corrected chi connectivity index (χ3v) is 3.66. The molecule has 1 aromatic carbocycles. The van der Waals surface area contributed by atoms with Gasteiger partial charge in [-0.05, 0) is 24.0 Å². The van der Waals surface area contributed by atoms with Gasteiger partial charge in [0.05, 0.1) is 4.83 Å². The standard InChI is InChI=1S/C15H21BrO/c1-5-11-8-6-7-9-12(11)10-13(16)14(17)15(2,3)4/h6-9,13H,5,10H2,1-4H3. The quantitative estimate of drug-likeness (QED) is 0.762. The fraction of sp³-hybridized carbons (Fsp3) is 0.533. The molecule has 17 heavy (non-hydrogen) atoms. The molecular formula is C15H21BrO. The van der Waals surface area contributed by atoms with Gasteiger partial charge >= 0.3 is 0 Å². The first-order chi connectivity index (χ1) is 7.86. The minimum atomic E-state index is -0.282. The highest BCUT2D eigenvalue weighted by Crippen LogP contribution is 2.24. The first-order valence-corrected chi connectivity index (χ1v) is 7.03. The Bertz CT molecular complexity index is 390. The minimum absolute atomic E-state index is 0.0878. The van der Waals surface area contributed by atoms with Crippen molar-refractivity contribution in [3.05, 3.63) is 35.4 Å². The van der Waals surface area contributed by atoms with E-state index in [1.807, 2.05) is 26.8 Å². The zero-order chi connectivity index (χ0) is 13.1. The topological polar surface area (TPSA) is 17.1 Å². The maximum absolute atomic E-state index is 12.1. The molecule has 0 aliphatic carbocycles. The van der Waals surface area contributed by atoms with Crippen LogP contribution >= 0.6 is 15.9 Å². The molecule has 94 valence electrons. The van der Waals surface area contributed by atoms with E-state index < -0.39 is 0 Å². The Hall–Kier alpha value is -0.630. The average Bonchev–Trinajstić information content (AvgIpc) is 2.27. The van der Waals surface area contributed by atoms with E-state index in [2.05, 4.69) is 41.1 Å². The molecular weight excluding hydrogens is 276 g/mol. The molecule has 0 saturated heterocycles. The molecule has 1 atom stereocenters. The van der Waals surface area contributed by atoms with Crippen molar-refractivity contribution >= 4 is 21.7 Å². The summed E-state index contributed by atoms with van der Waals surface area (Å²) in [6.07, 6.45) is 1.79. The van der Waals surface area contributed by atoms with Gasteiger partial charge in [0.25, 0.3) is 0 Å². The summed E-state index contributed by atoms with van der Waals surface area (Å²) in [5, 5.41) is 0. The molecule has 0 N–H and O–H groups in total. The van der Waals surface area contributed by atoms with Crippen molar-refractivity contribution in [3.63, 3.8) is 0 Å². The number of carbonyl (C=O) groups excluding carboxylic acids is 1. The van der Waals surface area contributed by atoms with E-state index >= 15 is 0 Å². The predicted molar refractivity (Wildman–Crippen MR) is 76.7 cm³/mol. The van der Waals surface area contributed by atoms with Gasteiger partial charge in [-0.2, -0.15) is 0 Å². The lowest BCUT2D eigenvalue weighted by Gasteiger charge is -2.21. The molecule has 1 nitrogen and oxygen atoms in total. The summed E-state index contributed by atoms with van der Waals surface area (Å²) in [5.74, 6) is 0.267. The molecule has 0 saturated carbocycles. The van der Waals surface area contributed by atoms with E-state index in [1.54, 1.807) is 0 Å². The van der Waals surface area contributed by atoms with E-state index in [1.165, 1.54) is 11.1 Å². The van der Waals surface area contributed by atoms with E-state index in [4.69, 9.17) is 0 Å². The number of halogens is 1. The summed E-state index contributed by atoms with van der Waals surface area (Å²) < 4.78 is 0. The number of Topliss-reactive ketones (excluding diaryl/α,β-unsaturated/α-hetero) is 1. The van der Waals surface area contributed by atoms with Gasteiger partial charge in [0.2, 0.25) is 0 Å². The summed E-state index contributed by atoms with van der Waals surface area (Å²) >= 11 is 3.53. The van der Waals surface area contributed by atoms with Gasteiger partial charge < -0.3 is 0 Å². The number of hydrogen-bond donors (Lipinski definition) is 0. The molecule has 1 unspecified atom stereocenters. The monoisotopic (exact) mass is 296 g/mol. The van der Waals surface area contributed by atoms with Crippen LogP contribution in [0, 0.1) is 5.41 Å². The van der Waals surface area contributed by atoms with Crippen molar-refractivity contribution in [1.29, 1.82) is 0 Å². The predicted octanol–water partition coefficient (Wildman–Crippen LogP) is 4.17. The van der Waals surface area contributed by atoms with Crippen LogP contribution in [0.3, 0.4) is 0 Å². The average molecular weight is 297 g/mol. The van der Waals surface area contributed by atoms with Crippen LogP contribution < -0.4 is 0 Å². The molecule has 1 aromatic rings. The highest BCUT2D eigenvalue weighted by atomic mass is 79.9. The van der Waals surface area contributed by atoms with Crippen molar-refractivity contribution < 1.29 is 4.79 Å². The van der Waals surface area contributed by atoms with Crippen LogP contribution in [0.2, 0.25) is 0 Å². The third-order valence-electron chi connectivity index (χ3n) is 2.92. The zero-order valence-electron chi connectivity index (χ0n) is 11.1. The Morgan fingerprint density at radius 2 is 1.76 bits per heavy atom. The maximum Gasteiger partial charge on any atom is 0.152 e. The Kier molecular flexibility index (Phi) is 4.93. The Morgan fingerprint density at radius 3 is 2.24 bits per heavy atom. The van der Waals surface area contributed by atoms with Gasteiger partial charge in [0.15, 0.2) is 5.78 Å². The van der Waals surface area contributed by atoms with Gasteiger partial charge in [-0.3, -0.25) is 4.79 Å². The summed E-state index contributed by atoms with van der Waals surface area (Å²) in [5.41, 5.74) is 2.32. The molecule has 0 spiro atoms. The van der Waals surface area contributed by atoms with Crippen LogP contribution in [0.15, 0.2) is 24.3 Å². The second-order valence-electron chi connectivity index (χ2n) is 5.41. The second-order valence-corrected chi connectivity index (χ2v) is 6.51. The highest BCUT2D eigenvalue weighted by Gasteiger charge is 2.28. The van der Waals surface area contributed by atoms with Crippen LogP contribution in [0.25, 0.3) is 0 Å². The van der Waals surface area contributed by atoms with Crippen molar-refractivity contribution in [1.82, 2.24) is 0 Å². The number of rotatable bonds is 4. The van der Waals surface area contributed by atoms with E-state index in [9.17, 15) is 4.79 Å². The van der Waals surface area contributed by atoms with Gasteiger partial charge in [0, 0.05) is 5.41 Å². The summed E-state index contributed by atoms with van der Waals surface area (Å²) in [6, 6.07) is 8.34. The van der Waals surface area contributed by atoms with E-state index in [-0.39, 0.29) is 16.0 Å². The summed E-state index contributed by atoms with van der Waals surface area (Å²) in [4.78, 5) is 12.0. The van der Waals surface area contributed by atoms with Crippen molar-refractivity contribution in [2.24, 2.45) is 5.41 Å². The fourth-order valence-corrected chi connectivity index (χ4v) is 2.89. The highest BCUT2D eigenvalue weighted by molar-refractivity contribution is 9.10. The molecule has 1 rings (SSSR count). The van der Waals surface area contributed by atoms with Gasteiger partial charge in [-0.1, -0.05) is 67.9 Å². The van der Waals surface area contributed by atoms with Crippen LogP contribution in [0.5, 0.6) is 0 Å². The molecule has 2 heteroatoms. The Morgan fingerprint density at radius 1 is 1.24 bits per heavy atom. The third kappa shape index (κ3) is 3.95.